The van der Waals surface area contributed by atoms with Crippen LogP contribution >= 0.6 is 23.2 Å². The zero-order valence-electron chi connectivity index (χ0n) is 5.30. The van der Waals surface area contributed by atoms with E-state index in [0.29, 0.717) is 24.8 Å². The van der Waals surface area contributed by atoms with Crippen molar-refractivity contribution in [2.24, 2.45) is 0 Å². The van der Waals surface area contributed by atoms with Gasteiger partial charge >= 0.3 is 0 Å². The lowest BCUT2D eigenvalue weighted by molar-refractivity contribution is 0.429. The van der Waals surface area contributed by atoms with Gasteiger partial charge in [0.05, 0.1) is 0 Å². The Morgan fingerprint density at radius 2 is 1.70 bits per heavy atom. The zero-order valence-corrected chi connectivity index (χ0v) is 7.62. The third kappa shape index (κ3) is 4.46. The second-order valence-corrected chi connectivity index (χ2v) is 3.27. The van der Waals surface area contributed by atoms with Crippen molar-refractivity contribution >= 4 is 34.5 Å². The molecule has 0 bridgehead atoms. The van der Waals surface area contributed by atoms with E-state index in [-0.39, 0.29) is 0 Å². The summed E-state index contributed by atoms with van der Waals surface area (Å²) in [6, 6.07) is 0. The third-order valence-electron chi connectivity index (χ3n) is 0.889. The maximum Gasteiger partial charge on any atom is 0.234 e. The van der Waals surface area contributed by atoms with E-state index in [0.717, 1.165) is 0 Å². The summed E-state index contributed by atoms with van der Waals surface area (Å²) in [6.45, 7) is 0.773. The molecule has 0 spiro atoms. The van der Waals surface area contributed by atoms with Crippen molar-refractivity contribution in [2.75, 3.05) is 24.8 Å². The summed E-state index contributed by atoms with van der Waals surface area (Å²) >= 11 is 8.75. The van der Waals surface area contributed by atoms with Crippen LogP contribution in [0, 0.1) is 0 Å². The van der Waals surface area contributed by atoms with E-state index in [1.54, 1.807) is 0 Å². The minimum atomic E-state index is -1.94. The second kappa shape index (κ2) is 6.37. The lowest BCUT2D eigenvalue weighted by Gasteiger charge is -2.13. The summed E-state index contributed by atoms with van der Waals surface area (Å²) in [4.78, 5) is 0. The third-order valence-corrected chi connectivity index (χ3v) is 2.03. The molecule has 0 aliphatic carbocycles. The summed E-state index contributed by atoms with van der Waals surface area (Å²) in [7, 11) is 0. The number of rotatable bonds is 5. The predicted octanol–water partition coefficient (Wildman–Crippen LogP) is 0.903. The van der Waals surface area contributed by atoms with Crippen LogP contribution in [0.3, 0.4) is 0 Å². The van der Waals surface area contributed by atoms with Gasteiger partial charge in [-0.15, -0.1) is 23.2 Å². The highest BCUT2D eigenvalue weighted by Gasteiger charge is 2.07. The largest absolute Gasteiger partial charge is 0.294 e. The van der Waals surface area contributed by atoms with Gasteiger partial charge in [-0.1, -0.05) is 0 Å². The van der Waals surface area contributed by atoms with Gasteiger partial charge < -0.3 is 0 Å². The topological polar surface area (TPSA) is 40.5 Å². The van der Waals surface area contributed by atoms with Crippen molar-refractivity contribution in [3.63, 3.8) is 0 Å². The quantitative estimate of drug-likeness (QED) is 0.536. The smallest absolute Gasteiger partial charge is 0.234 e. The van der Waals surface area contributed by atoms with E-state index in [1.165, 1.54) is 4.31 Å². The molecular formula is C4H9Cl2NO2S. The van der Waals surface area contributed by atoms with Crippen molar-refractivity contribution in [3.05, 3.63) is 0 Å². The Morgan fingerprint density at radius 3 is 1.90 bits per heavy atom. The van der Waals surface area contributed by atoms with Gasteiger partial charge in [-0.3, -0.25) is 4.55 Å². The molecule has 0 radical (unpaired) electrons. The van der Waals surface area contributed by atoms with Crippen molar-refractivity contribution in [2.45, 2.75) is 0 Å². The fraction of sp³-hybridized carbons (Fsp3) is 1.00. The van der Waals surface area contributed by atoms with Gasteiger partial charge in [0.15, 0.2) is 0 Å². The molecule has 0 saturated heterocycles. The monoisotopic (exact) mass is 205 g/mol. The van der Waals surface area contributed by atoms with E-state index >= 15 is 0 Å². The van der Waals surface area contributed by atoms with Crippen LogP contribution in [0.4, 0.5) is 0 Å². The van der Waals surface area contributed by atoms with E-state index in [1.807, 2.05) is 0 Å². The normalized spacial score (nSPS) is 14.0. The molecule has 62 valence electrons. The standard InChI is InChI=1S/C4H9Cl2NO2S/c5-1-3-7(4-2-6)10(8)9/h1-4H2,(H,8,9). The van der Waals surface area contributed by atoms with Crippen LogP contribution in [0.15, 0.2) is 0 Å². The number of halogens is 2. The molecule has 10 heavy (non-hydrogen) atoms. The first-order chi connectivity index (χ1) is 4.72. The molecule has 0 aliphatic heterocycles. The molecule has 1 unspecified atom stereocenters. The first kappa shape index (κ1) is 10.7. The van der Waals surface area contributed by atoms with Gasteiger partial charge in [0.2, 0.25) is 11.3 Å². The molecule has 0 aromatic rings. The molecule has 1 N–H and O–H groups in total. The Bertz CT molecular complexity index is 107. The molecule has 0 aromatic carbocycles. The van der Waals surface area contributed by atoms with E-state index in [2.05, 4.69) is 0 Å². The molecule has 6 heteroatoms. The maximum atomic E-state index is 10.4. The molecular weight excluding hydrogens is 197 g/mol. The van der Waals surface area contributed by atoms with Crippen LogP contribution in [-0.2, 0) is 11.3 Å². The highest BCUT2D eigenvalue weighted by Crippen LogP contribution is 1.93. The van der Waals surface area contributed by atoms with E-state index in [4.69, 9.17) is 27.8 Å². The zero-order chi connectivity index (χ0) is 7.98. The van der Waals surface area contributed by atoms with Crippen LogP contribution < -0.4 is 0 Å². The SMILES string of the molecule is O=S(O)N(CCCl)CCCl. The van der Waals surface area contributed by atoms with Gasteiger partial charge in [0, 0.05) is 24.8 Å². The van der Waals surface area contributed by atoms with Crippen LogP contribution in [0.2, 0.25) is 0 Å². The Hall–Kier alpha value is 0.650. The number of hydrogen-bond donors (Lipinski definition) is 1. The fourth-order valence-corrected chi connectivity index (χ4v) is 1.56. The van der Waals surface area contributed by atoms with Gasteiger partial charge in [-0.05, 0) is 0 Å². The van der Waals surface area contributed by atoms with Crippen molar-refractivity contribution in [1.82, 2.24) is 4.31 Å². The van der Waals surface area contributed by atoms with Gasteiger partial charge in [-0.2, -0.15) is 4.31 Å². The highest BCUT2D eigenvalue weighted by atomic mass is 35.5. The fourth-order valence-electron chi connectivity index (χ4n) is 0.457. The van der Waals surface area contributed by atoms with E-state index < -0.39 is 11.3 Å². The minimum absolute atomic E-state index is 0.336. The van der Waals surface area contributed by atoms with Crippen LogP contribution in [0.25, 0.3) is 0 Å². The molecule has 1 atom stereocenters. The van der Waals surface area contributed by atoms with Crippen molar-refractivity contribution in [1.29, 1.82) is 0 Å². The van der Waals surface area contributed by atoms with Crippen LogP contribution in [0.1, 0.15) is 0 Å². The van der Waals surface area contributed by atoms with Gasteiger partial charge in [-0.25, -0.2) is 4.21 Å². The molecule has 0 fully saturated rings. The number of hydrogen-bond acceptors (Lipinski definition) is 1. The molecule has 0 aromatic heterocycles. The first-order valence-corrected chi connectivity index (χ1v) is 4.83. The lowest BCUT2D eigenvalue weighted by Crippen LogP contribution is -2.29. The molecule has 0 heterocycles. The summed E-state index contributed by atoms with van der Waals surface area (Å²) in [5, 5.41) is 0. The van der Waals surface area contributed by atoms with Gasteiger partial charge in [0.25, 0.3) is 0 Å². The summed E-state index contributed by atoms with van der Waals surface area (Å²) in [5.41, 5.74) is 0. The predicted molar refractivity (Wildman–Crippen MR) is 43.8 cm³/mol. The summed E-state index contributed by atoms with van der Waals surface area (Å²) in [6.07, 6.45) is 0. The Labute approximate surface area is 72.7 Å². The molecule has 0 amide bonds. The van der Waals surface area contributed by atoms with Crippen LogP contribution in [-0.4, -0.2) is 37.9 Å². The van der Waals surface area contributed by atoms with Crippen LogP contribution in [0.5, 0.6) is 0 Å². The molecule has 0 rings (SSSR count). The molecule has 0 saturated carbocycles. The highest BCUT2D eigenvalue weighted by molar-refractivity contribution is 7.76. The summed E-state index contributed by atoms with van der Waals surface area (Å²) in [5.74, 6) is 0.673. The summed E-state index contributed by atoms with van der Waals surface area (Å²) < 4.78 is 20.2. The minimum Gasteiger partial charge on any atom is -0.294 e. The maximum absolute atomic E-state index is 10.4. The Morgan fingerprint density at radius 1 is 1.30 bits per heavy atom. The van der Waals surface area contributed by atoms with E-state index in [9.17, 15) is 4.21 Å². The molecule has 0 aliphatic rings. The first-order valence-electron chi connectivity index (χ1n) is 2.70. The number of alkyl halides is 2. The lowest BCUT2D eigenvalue weighted by atomic mass is 10.7. The van der Waals surface area contributed by atoms with Crippen molar-refractivity contribution in [3.8, 4) is 0 Å². The Balaban J connectivity index is 3.61. The Kier molecular flexibility index (Phi) is 6.78. The average molecular weight is 206 g/mol. The van der Waals surface area contributed by atoms with Gasteiger partial charge in [0.1, 0.15) is 0 Å². The number of nitrogens with zero attached hydrogens (tertiary/aromatic N) is 1. The van der Waals surface area contributed by atoms with Crippen molar-refractivity contribution < 1.29 is 8.76 Å². The molecule has 3 nitrogen and oxygen atoms in total. The average Bonchev–Trinajstić information content (AvgIpc) is 1.87. The second-order valence-electron chi connectivity index (χ2n) is 1.54.